The van der Waals surface area contributed by atoms with Gasteiger partial charge in [-0.25, -0.2) is 0 Å². The maximum atomic E-state index is 2.26. The quantitative estimate of drug-likeness (QED) is 0.0593. The molecule has 0 saturated carbocycles. The third kappa shape index (κ3) is 13.7. The van der Waals surface area contributed by atoms with Gasteiger partial charge in [0.1, 0.15) is 0 Å². The largest absolute Gasteiger partial charge is 3.00 e. The van der Waals surface area contributed by atoms with Crippen molar-refractivity contribution in [3.05, 3.63) is 556 Å². The molecule has 0 spiro atoms. The molecule has 15 aromatic carbocycles. The van der Waals surface area contributed by atoms with Crippen molar-refractivity contribution in [2.24, 2.45) is 0 Å². The molecule has 1 heteroatoms. The Morgan fingerprint density at radius 3 is 0.289 bits per heavy atom. The van der Waals surface area contributed by atoms with E-state index in [0.717, 1.165) is 0 Å². The molecule has 0 nitrogen and oxygen atoms in total. The summed E-state index contributed by atoms with van der Waals surface area (Å²) >= 11 is 0. The molecule has 0 heterocycles. The van der Waals surface area contributed by atoms with Gasteiger partial charge in [0.25, 0.3) is 0 Å². The Morgan fingerprint density at radius 1 is 0.113 bits per heavy atom. The Morgan fingerprint density at radius 2 is 0.196 bits per heavy atom. The molecular weight excluding hydrogens is 1210 g/mol. The fourth-order valence-corrected chi connectivity index (χ4v) is 14.4. The van der Waals surface area contributed by atoms with Crippen LogP contribution in [0.5, 0.6) is 0 Å². The zero-order chi connectivity index (χ0) is 64.9. The first-order valence-corrected chi connectivity index (χ1v) is 33.2. The van der Waals surface area contributed by atoms with Crippen LogP contribution in [0.15, 0.2) is 455 Å². The summed E-state index contributed by atoms with van der Waals surface area (Å²) in [5, 5.41) is 0. The van der Waals surface area contributed by atoms with Crippen LogP contribution < -0.4 is 0 Å². The summed E-state index contributed by atoms with van der Waals surface area (Å²) in [5.74, 6) is 3.84. The maximum Gasteiger partial charge on any atom is 3.00 e. The van der Waals surface area contributed by atoms with Gasteiger partial charge < -0.3 is 0 Å². The van der Waals surface area contributed by atoms with E-state index in [1.807, 2.05) is 0 Å². The van der Waals surface area contributed by atoms with Crippen LogP contribution in [0.1, 0.15) is 83.5 Å². The van der Waals surface area contributed by atoms with Gasteiger partial charge in [-0.05, 0) is 50.1 Å². The van der Waals surface area contributed by atoms with E-state index in [0.29, 0.717) is 0 Å². The molecule has 15 rings (SSSR count). The summed E-state index contributed by atoms with van der Waals surface area (Å²) in [7, 11) is 0. The fraction of sp³-hybridized carbons (Fsp3) is 0.0312. The van der Waals surface area contributed by atoms with E-state index >= 15 is 0 Å². The normalized spacial score (nSPS) is 11.0. The first kappa shape index (κ1) is 65.5. The van der Waals surface area contributed by atoms with Gasteiger partial charge in [0.2, 0.25) is 0 Å². The second-order valence-electron chi connectivity index (χ2n) is 23.9. The molecule has 0 fully saturated rings. The van der Waals surface area contributed by atoms with Crippen molar-refractivity contribution in [2.45, 2.75) is 16.2 Å². The van der Waals surface area contributed by atoms with Crippen LogP contribution in [0.2, 0.25) is 0 Å². The molecule has 0 aromatic heterocycles. The molecule has 0 unspecified atom stereocenters. The van der Waals surface area contributed by atoms with Gasteiger partial charge in [0.15, 0.2) is 0 Å². The summed E-state index contributed by atoms with van der Waals surface area (Å²) in [6.45, 7) is 0. The van der Waals surface area contributed by atoms with Crippen LogP contribution >= 0.6 is 0 Å². The molecule has 0 aliphatic heterocycles. The Balaban J connectivity index is 0.000000138. The average molecular weight is 1280 g/mol. The van der Waals surface area contributed by atoms with E-state index in [2.05, 4.69) is 455 Å². The molecule has 0 amide bonds. The zero-order valence-corrected chi connectivity index (χ0v) is 55.5. The minimum Gasteiger partial charge on any atom is -0.119 e. The van der Waals surface area contributed by atoms with Crippen LogP contribution in [0.3, 0.4) is 0 Å². The zero-order valence-electron chi connectivity index (χ0n) is 54.2. The Kier molecular flexibility index (Phi) is 21.6. The monoisotopic (exact) mass is 1280 g/mol. The summed E-state index contributed by atoms with van der Waals surface area (Å²) in [4.78, 5) is 0. The molecular formula is C96H75Cr. The maximum absolute atomic E-state index is 2.26. The van der Waals surface area contributed by atoms with Crippen LogP contribution in [-0.4, -0.2) is 0 Å². The molecule has 1 radical (unpaired) electrons. The van der Waals surface area contributed by atoms with Crippen molar-refractivity contribution in [2.75, 3.05) is 0 Å². The van der Waals surface area contributed by atoms with Crippen molar-refractivity contribution in [1.82, 2.24) is 0 Å². The molecule has 97 heavy (non-hydrogen) atoms. The Hall–Kier alpha value is -11.6. The van der Waals surface area contributed by atoms with Gasteiger partial charge in [0.05, 0.1) is 0 Å². The van der Waals surface area contributed by atoms with Crippen molar-refractivity contribution in [3.8, 4) is 0 Å². The minimum atomic E-state index is -0.480. The van der Waals surface area contributed by atoms with Crippen molar-refractivity contribution in [1.29, 1.82) is 0 Å². The van der Waals surface area contributed by atoms with Crippen LogP contribution in [0.4, 0.5) is 0 Å². The van der Waals surface area contributed by atoms with E-state index in [1.165, 1.54) is 101 Å². The first-order chi connectivity index (χ1) is 47.7. The summed E-state index contributed by atoms with van der Waals surface area (Å²) in [6, 6.07) is 163. The van der Waals surface area contributed by atoms with Gasteiger partial charge in [-0.2, -0.15) is 0 Å². The SMILES string of the molecule is [Cr+3].c1ccc([C-](c2ccccc2)C(c2ccccc2)(c2ccccc2)c2ccccc2)cc1.c1ccc([C-](c2ccccc2)C(c2ccccc2)(c2ccccc2)c2ccccc2)cc1.c1ccc([C-](c2ccccc2)C(c2ccccc2)(c2ccccc2)c2ccccc2)cc1. The third-order valence-electron chi connectivity index (χ3n) is 18.4. The van der Waals surface area contributed by atoms with Crippen LogP contribution in [0, 0.1) is 17.8 Å². The number of hydrogen-bond acceptors (Lipinski definition) is 0. The third-order valence-corrected chi connectivity index (χ3v) is 18.4. The predicted octanol–water partition coefficient (Wildman–Crippen LogP) is 23.1. The fourth-order valence-electron chi connectivity index (χ4n) is 14.4. The smallest absolute Gasteiger partial charge is 0.119 e. The molecule has 465 valence electrons. The average Bonchev–Trinajstić information content (AvgIpc) is 0.743. The van der Waals surface area contributed by atoms with E-state index in [9.17, 15) is 0 Å². The van der Waals surface area contributed by atoms with Gasteiger partial charge in [0, 0.05) is 16.2 Å². The topological polar surface area (TPSA) is 0 Å². The van der Waals surface area contributed by atoms with Gasteiger partial charge in [-0.15, -0.1) is 106 Å². The van der Waals surface area contributed by atoms with E-state index in [1.54, 1.807) is 0 Å². The second kappa shape index (κ2) is 32.0. The molecule has 0 atom stereocenters. The first-order valence-electron chi connectivity index (χ1n) is 33.2. The van der Waals surface area contributed by atoms with Crippen LogP contribution in [-0.2, 0) is 33.6 Å². The second-order valence-corrected chi connectivity index (χ2v) is 23.9. The Bertz CT molecular complexity index is 3770. The molecule has 0 saturated heterocycles. The number of rotatable bonds is 18. The molecule has 15 aromatic rings. The predicted molar refractivity (Wildman–Crippen MR) is 401 cm³/mol. The van der Waals surface area contributed by atoms with Gasteiger partial charge >= 0.3 is 17.4 Å². The van der Waals surface area contributed by atoms with Crippen molar-refractivity contribution >= 4 is 0 Å². The molecule has 0 aliphatic rings. The molecule has 0 N–H and O–H groups in total. The van der Waals surface area contributed by atoms with Gasteiger partial charge in [-0.1, -0.05) is 400 Å². The summed E-state index contributed by atoms with van der Waals surface area (Å²) < 4.78 is 0. The Labute approximate surface area is 585 Å². The summed E-state index contributed by atoms with van der Waals surface area (Å²) in [6.07, 6.45) is 0. The van der Waals surface area contributed by atoms with E-state index in [4.69, 9.17) is 0 Å². The number of benzene rings is 15. The number of hydrogen-bond donors (Lipinski definition) is 0. The van der Waals surface area contributed by atoms with Gasteiger partial charge in [-0.3, -0.25) is 0 Å². The molecule has 0 bridgehead atoms. The van der Waals surface area contributed by atoms with Crippen molar-refractivity contribution in [3.63, 3.8) is 0 Å². The standard InChI is InChI=1S/3C32H25.Cr/c3*1-6-16-26(17-7-1)31(27-18-8-2-9-19-27)32(28-20-10-3-11-21-28,29-22-12-4-13-23-29)30-24-14-5-15-25-30;/h3*1-25H;/q3*-1;+3. The minimum absolute atomic E-state index is 0. The molecule has 0 aliphatic carbocycles. The van der Waals surface area contributed by atoms with Crippen molar-refractivity contribution < 1.29 is 17.4 Å². The van der Waals surface area contributed by atoms with Crippen LogP contribution in [0.25, 0.3) is 0 Å². The summed E-state index contributed by atoms with van der Waals surface area (Å²) in [5.41, 5.74) is 17.1. The van der Waals surface area contributed by atoms with E-state index < -0.39 is 16.2 Å². The van der Waals surface area contributed by atoms with E-state index in [-0.39, 0.29) is 17.4 Å².